The molecule has 19 heavy (non-hydrogen) atoms. The fourth-order valence-electron chi connectivity index (χ4n) is 1.92. The molecule has 2 rings (SSSR count). The van der Waals surface area contributed by atoms with E-state index in [1.54, 1.807) is 7.11 Å². The molecule has 2 aromatic carbocycles. The molecule has 0 heterocycles. The van der Waals surface area contributed by atoms with Crippen LogP contribution in [0.15, 0.2) is 42.5 Å². The van der Waals surface area contributed by atoms with Crippen LogP contribution in [0, 0.1) is 18.3 Å². The van der Waals surface area contributed by atoms with Crippen molar-refractivity contribution in [3.63, 3.8) is 0 Å². The summed E-state index contributed by atoms with van der Waals surface area (Å²) < 4.78 is 5.11. The van der Waals surface area contributed by atoms with Crippen molar-refractivity contribution in [2.75, 3.05) is 12.4 Å². The van der Waals surface area contributed by atoms with Crippen LogP contribution in [0.25, 0.3) is 0 Å². The van der Waals surface area contributed by atoms with Gasteiger partial charge in [0.15, 0.2) is 0 Å². The van der Waals surface area contributed by atoms with E-state index in [1.165, 1.54) is 0 Å². The molecule has 2 aromatic rings. The SMILES string of the molecule is COCc1cccc(Nc2ccc(C)cc2C#N)c1. The Hall–Kier alpha value is -2.31. The van der Waals surface area contributed by atoms with Gasteiger partial charge in [0, 0.05) is 12.8 Å². The maximum atomic E-state index is 9.15. The zero-order valence-electron chi connectivity index (χ0n) is 11.1. The van der Waals surface area contributed by atoms with Gasteiger partial charge in [-0.1, -0.05) is 18.2 Å². The Balaban J connectivity index is 2.26. The van der Waals surface area contributed by atoms with Crippen molar-refractivity contribution >= 4 is 11.4 Å². The van der Waals surface area contributed by atoms with Crippen LogP contribution in [0.4, 0.5) is 11.4 Å². The Labute approximate surface area is 113 Å². The molecule has 0 aromatic heterocycles. The molecule has 0 atom stereocenters. The average Bonchev–Trinajstić information content (AvgIpc) is 2.41. The average molecular weight is 252 g/mol. The summed E-state index contributed by atoms with van der Waals surface area (Å²) in [5.41, 5.74) is 4.60. The lowest BCUT2D eigenvalue weighted by Gasteiger charge is -2.10. The predicted octanol–water partition coefficient (Wildman–Crippen LogP) is 3.76. The molecular formula is C16H16N2O. The van der Waals surface area contributed by atoms with Gasteiger partial charge in [0.05, 0.1) is 17.9 Å². The second-order valence-corrected chi connectivity index (χ2v) is 4.42. The van der Waals surface area contributed by atoms with Crippen molar-refractivity contribution in [2.24, 2.45) is 0 Å². The van der Waals surface area contributed by atoms with E-state index in [2.05, 4.69) is 11.4 Å². The second-order valence-electron chi connectivity index (χ2n) is 4.42. The molecule has 0 saturated carbocycles. The number of hydrogen-bond acceptors (Lipinski definition) is 3. The van der Waals surface area contributed by atoms with Crippen LogP contribution in [-0.2, 0) is 11.3 Å². The van der Waals surface area contributed by atoms with Crippen LogP contribution >= 0.6 is 0 Å². The van der Waals surface area contributed by atoms with Gasteiger partial charge < -0.3 is 10.1 Å². The number of hydrogen-bond donors (Lipinski definition) is 1. The van der Waals surface area contributed by atoms with E-state index in [1.807, 2.05) is 49.4 Å². The van der Waals surface area contributed by atoms with Crippen molar-refractivity contribution < 1.29 is 4.74 Å². The van der Waals surface area contributed by atoms with Gasteiger partial charge in [-0.25, -0.2) is 0 Å². The van der Waals surface area contributed by atoms with Gasteiger partial charge in [-0.3, -0.25) is 0 Å². The number of aryl methyl sites for hydroxylation is 1. The van der Waals surface area contributed by atoms with Gasteiger partial charge >= 0.3 is 0 Å². The first-order chi connectivity index (χ1) is 9.22. The lowest BCUT2D eigenvalue weighted by Crippen LogP contribution is -1.95. The Morgan fingerprint density at radius 2 is 2.05 bits per heavy atom. The van der Waals surface area contributed by atoms with Crippen LogP contribution in [0.2, 0.25) is 0 Å². The van der Waals surface area contributed by atoms with Crippen molar-refractivity contribution in [1.82, 2.24) is 0 Å². The fraction of sp³-hybridized carbons (Fsp3) is 0.188. The molecule has 3 heteroatoms. The molecule has 0 saturated heterocycles. The quantitative estimate of drug-likeness (QED) is 0.901. The highest BCUT2D eigenvalue weighted by Crippen LogP contribution is 2.22. The molecule has 0 aliphatic heterocycles. The number of anilines is 2. The molecule has 1 N–H and O–H groups in total. The summed E-state index contributed by atoms with van der Waals surface area (Å²) in [5, 5.41) is 12.4. The summed E-state index contributed by atoms with van der Waals surface area (Å²) in [6, 6.07) is 16.0. The van der Waals surface area contributed by atoms with Crippen LogP contribution in [0.5, 0.6) is 0 Å². The number of benzene rings is 2. The summed E-state index contributed by atoms with van der Waals surface area (Å²) in [4.78, 5) is 0. The van der Waals surface area contributed by atoms with Gasteiger partial charge in [0.25, 0.3) is 0 Å². The first-order valence-corrected chi connectivity index (χ1v) is 6.08. The maximum Gasteiger partial charge on any atom is 0.101 e. The number of ether oxygens (including phenoxy) is 1. The molecule has 96 valence electrons. The molecule has 0 spiro atoms. The number of methoxy groups -OCH3 is 1. The van der Waals surface area contributed by atoms with E-state index < -0.39 is 0 Å². The van der Waals surface area contributed by atoms with Crippen molar-refractivity contribution in [2.45, 2.75) is 13.5 Å². The van der Waals surface area contributed by atoms with E-state index in [9.17, 15) is 0 Å². The van der Waals surface area contributed by atoms with Crippen molar-refractivity contribution in [3.8, 4) is 6.07 Å². The van der Waals surface area contributed by atoms with Gasteiger partial charge in [-0.15, -0.1) is 0 Å². The molecule has 0 bridgehead atoms. The highest BCUT2D eigenvalue weighted by molar-refractivity contribution is 5.67. The standard InChI is InChI=1S/C16H16N2O/c1-12-6-7-16(14(8-12)10-17)18-15-5-3-4-13(9-15)11-19-2/h3-9,18H,11H2,1-2H3. The number of nitriles is 1. The predicted molar refractivity (Wildman–Crippen MR) is 76.3 cm³/mol. The smallest absolute Gasteiger partial charge is 0.101 e. The number of nitrogens with zero attached hydrogens (tertiary/aromatic N) is 1. The fourth-order valence-corrected chi connectivity index (χ4v) is 1.92. The highest BCUT2D eigenvalue weighted by atomic mass is 16.5. The third-order valence-corrected chi connectivity index (χ3v) is 2.81. The van der Waals surface area contributed by atoms with Gasteiger partial charge in [-0.05, 0) is 42.3 Å². The molecular weight excluding hydrogens is 236 g/mol. The van der Waals surface area contributed by atoms with E-state index in [0.717, 1.165) is 22.5 Å². The summed E-state index contributed by atoms with van der Waals surface area (Å²) in [6.07, 6.45) is 0. The minimum Gasteiger partial charge on any atom is -0.380 e. The lowest BCUT2D eigenvalue weighted by atomic mass is 10.1. The molecule has 0 fully saturated rings. The van der Waals surface area contributed by atoms with Crippen LogP contribution in [-0.4, -0.2) is 7.11 Å². The molecule has 0 aliphatic rings. The van der Waals surface area contributed by atoms with Crippen LogP contribution in [0.3, 0.4) is 0 Å². The monoisotopic (exact) mass is 252 g/mol. The molecule has 0 amide bonds. The zero-order chi connectivity index (χ0) is 13.7. The third kappa shape index (κ3) is 3.34. The molecule has 0 radical (unpaired) electrons. The third-order valence-electron chi connectivity index (χ3n) is 2.81. The molecule has 3 nitrogen and oxygen atoms in total. The maximum absolute atomic E-state index is 9.15. The summed E-state index contributed by atoms with van der Waals surface area (Å²) in [7, 11) is 1.67. The summed E-state index contributed by atoms with van der Waals surface area (Å²) in [6.45, 7) is 2.55. The Morgan fingerprint density at radius 3 is 2.79 bits per heavy atom. The van der Waals surface area contributed by atoms with E-state index in [4.69, 9.17) is 10.00 Å². The lowest BCUT2D eigenvalue weighted by molar-refractivity contribution is 0.185. The Bertz CT molecular complexity index is 614. The Morgan fingerprint density at radius 1 is 1.21 bits per heavy atom. The van der Waals surface area contributed by atoms with Crippen LogP contribution in [0.1, 0.15) is 16.7 Å². The molecule has 0 unspecified atom stereocenters. The topological polar surface area (TPSA) is 45.0 Å². The second kappa shape index (κ2) is 6.03. The minimum absolute atomic E-state index is 0.578. The van der Waals surface area contributed by atoms with Gasteiger partial charge in [0.2, 0.25) is 0 Å². The normalized spacial score (nSPS) is 9.95. The highest BCUT2D eigenvalue weighted by Gasteiger charge is 2.03. The van der Waals surface area contributed by atoms with Gasteiger partial charge in [0.1, 0.15) is 6.07 Å². The van der Waals surface area contributed by atoms with Crippen molar-refractivity contribution in [1.29, 1.82) is 5.26 Å². The first-order valence-electron chi connectivity index (χ1n) is 6.08. The largest absolute Gasteiger partial charge is 0.380 e. The summed E-state index contributed by atoms with van der Waals surface area (Å²) in [5.74, 6) is 0. The van der Waals surface area contributed by atoms with E-state index in [0.29, 0.717) is 12.2 Å². The zero-order valence-corrected chi connectivity index (χ0v) is 11.1. The number of nitrogens with one attached hydrogen (secondary N) is 1. The molecule has 0 aliphatic carbocycles. The van der Waals surface area contributed by atoms with Crippen LogP contribution < -0.4 is 5.32 Å². The van der Waals surface area contributed by atoms with E-state index in [-0.39, 0.29) is 0 Å². The van der Waals surface area contributed by atoms with Crippen molar-refractivity contribution in [3.05, 3.63) is 59.2 Å². The first kappa shape index (κ1) is 13.1. The summed E-state index contributed by atoms with van der Waals surface area (Å²) >= 11 is 0. The van der Waals surface area contributed by atoms with E-state index >= 15 is 0 Å². The minimum atomic E-state index is 0.578. The Kier molecular flexibility index (Phi) is 4.17. The van der Waals surface area contributed by atoms with Gasteiger partial charge in [-0.2, -0.15) is 5.26 Å². The number of rotatable bonds is 4.